The fourth-order valence-corrected chi connectivity index (χ4v) is 6.73. The molecule has 2 unspecified atom stereocenters. The van der Waals surface area contributed by atoms with Crippen molar-refractivity contribution in [3.05, 3.63) is 87.7 Å². The summed E-state index contributed by atoms with van der Waals surface area (Å²) in [6.07, 6.45) is 2.30. The molecule has 2 aliphatic rings. The van der Waals surface area contributed by atoms with Gasteiger partial charge in [0.1, 0.15) is 11.6 Å². The number of likely N-dealkylation sites (tertiary alicyclic amines) is 1. The van der Waals surface area contributed by atoms with E-state index in [0.29, 0.717) is 55.1 Å². The maximum absolute atomic E-state index is 15.1. The van der Waals surface area contributed by atoms with Crippen molar-refractivity contribution >= 4 is 23.6 Å². The quantitative estimate of drug-likeness (QED) is 0.252. The molecule has 8 nitrogen and oxygen atoms in total. The van der Waals surface area contributed by atoms with Crippen molar-refractivity contribution in [2.45, 2.75) is 44.2 Å². The average molecular weight is 624 g/mol. The second-order valence-electron chi connectivity index (χ2n) is 11.5. The van der Waals surface area contributed by atoms with E-state index in [1.54, 1.807) is 24.1 Å². The molecule has 3 aromatic rings. The van der Waals surface area contributed by atoms with Crippen LogP contribution in [0.2, 0.25) is 5.02 Å². The molecule has 1 saturated heterocycles. The summed E-state index contributed by atoms with van der Waals surface area (Å²) in [5.41, 5.74) is 2.63. The number of amides is 2. The summed E-state index contributed by atoms with van der Waals surface area (Å²) in [5.74, 6) is -0.547. The Morgan fingerprint density at radius 2 is 2.05 bits per heavy atom. The first-order valence-corrected chi connectivity index (χ1v) is 15.4. The fraction of sp³-hybridized carbons (Fsp3) is 0.412. The van der Waals surface area contributed by atoms with E-state index in [4.69, 9.17) is 21.1 Å². The molecule has 234 valence electrons. The molecule has 0 bridgehead atoms. The van der Waals surface area contributed by atoms with Crippen molar-refractivity contribution in [2.24, 2.45) is 5.92 Å². The lowest BCUT2D eigenvalue weighted by atomic mass is 9.72. The summed E-state index contributed by atoms with van der Waals surface area (Å²) in [7, 11) is 3.08. The highest BCUT2D eigenvalue weighted by atomic mass is 35.5. The predicted molar refractivity (Wildman–Crippen MR) is 167 cm³/mol. The second kappa shape index (κ2) is 14.0. The third-order valence-corrected chi connectivity index (χ3v) is 9.00. The number of hydrogen-bond acceptors (Lipinski definition) is 6. The SMILES string of the molecule is CNCc1ccc(C(=O)N2CCCC(C(O)(CCCNC(=O)OC)c3cccc(Cl)c3-c3ccc4c(c3)OCC4)C2)c(F)c1. The molecule has 0 radical (unpaired) electrons. The zero-order valence-corrected chi connectivity index (χ0v) is 25.9. The van der Waals surface area contributed by atoms with Gasteiger partial charge in [-0.1, -0.05) is 41.9 Å². The van der Waals surface area contributed by atoms with Crippen LogP contribution in [0.25, 0.3) is 11.1 Å². The van der Waals surface area contributed by atoms with Gasteiger partial charge in [0, 0.05) is 49.1 Å². The molecule has 3 N–H and O–H groups in total. The van der Waals surface area contributed by atoms with E-state index in [0.717, 1.165) is 28.9 Å². The number of carbonyl (C=O) groups excluding carboxylic acids is 2. The minimum atomic E-state index is -1.42. The topological polar surface area (TPSA) is 100 Å². The third kappa shape index (κ3) is 6.70. The Hall–Kier alpha value is -3.66. The van der Waals surface area contributed by atoms with E-state index in [-0.39, 0.29) is 31.0 Å². The highest BCUT2D eigenvalue weighted by molar-refractivity contribution is 6.33. The highest BCUT2D eigenvalue weighted by Crippen LogP contribution is 2.46. The van der Waals surface area contributed by atoms with Gasteiger partial charge in [-0.2, -0.15) is 0 Å². The van der Waals surface area contributed by atoms with Crippen LogP contribution in [0.3, 0.4) is 0 Å². The van der Waals surface area contributed by atoms with Crippen molar-refractivity contribution < 1.29 is 28.6 Å². The molecule has 0 spiro atoms. The molecule has 5 rings (SSSR count). The van der Waals surface area contributed by atoms with Crippen molar-refractivity contribution in [1.29, 1.82) is 0 Å². The lowest BCUT2D eigenvalue weighted by Crippen LogP contribution is -2.48. The van der Waals surface area contributed by atoms with Gasteiger partial charge in [-0.05, 0) is 79.3 Å². The van der Waals surface area contributed by atoms with E-state index in [1.807, 2.05) is 30.3 Å². The lowest BCUT2D eigenvalue weighted by Gasteiger charge is -2.44. The van der Waals surface area contributed by atoms with Crippen molar-refractivity contribution in [3.63, 3.8) is 0 Å². The van der Waals surface area contributed by atoms with Crippen LogP contribution in [0.4, 0.5) is 9.18 Å². The summed E-state index contributed by atoms with van der Waals surface area (Å²) in [6.45, 7) is 2.09. The standard InChI is InChI=1S/C34H39ClFN3O5/c1-37-20-22-9-12-26(29(36)18-22)32(40)39-16-4-6-25(21-39)34(42,14-5-15-38-33(41)43-2)27-7-3-8-28(35)31(27)24-11-10-23-13-17-44-30(23)19-24/h3,7-12,18-19,25,37,42H,4-6,13-17,20-21H2,1-2H3,(H,38,41). The molecular formula is C34H39ClFN3O5. The Kier molecular flexibility index (Phi) is 10.1. The summed E-state index contributed by atoms with van der Waals surface area (Å²) in [4.78, 5) is 27.0. The molecule has 0 aliphatic carbocycles. The lowest BCUT2D eigenvalue weighted by molar-refractivity contribution is -0.0563. The Labute approximate surface area is 262 Å². The Balaban J connectivity index is 1.49. The summed E-state index contributed by atoms with van der Waals surface area (Å²) < 4.78 is 25.6. The zero-order valence-electron chi connectivity index (χ0n) is 25.1. The number of ether oxygens (including phenoxy) is 2. The van der Waals surface area contributed by atoms with Gasteiger partial charge in [0.2, 0.25) is 0 Å². The minimum Gasteiger partial charge on any atom is -0.493 e. The predicted octanol–water partition coefficient (Wildman–Crippen LogP) is 5.68. The van der Waals surface area contributed by atoms with E-state index in [2.05, 4.69) is 10.6 Å². The number of nitrogens with one attached hydrogen (secondary N) is 2. The minimum absolute atomic E-state index is 0.0120. The van der Waals surface area contributed by atoms with Gasteiger partial charge in [0.05, 0.1) is 24.9 Å². The van der Waals surface area contributed by atoms with Crippen LogP contribution in [0.15, 0.2) is 54.6 Å². The van der Waals surface area contributed by atoms with Crippen LogP contribution in [0.5, 0.6) is 5.75 Å². The molecule has 3 aromatic carbocycles. The van der Waals surface area contributed by atoms with Gasteiger partial charge in [-0.3, -0.25) is 4.79 Å². The third-order valence-electron chi connectivity index (χ3n) is 8.68. The van der Waals surface area contributed by atoms with Crippen LogP contribution < -0.4 is 15.4 Å². The first-order valence-electron chi connectivity index (χ1n) is 15.1. The molecule has 44 heavy (non-hydrogen) atoms. The van der Waals surface area contributed by atoms with Gasteiger partial charge in [0.15, 0.2) is 0 Å². The molecule has 2 amide bonds. The van der Waals surface area contributed by atoms with Gasteiger partial charge >= 0.3 is 6.09 Å². The molecular weight excluding hydrogens is 585 g/mol. The number of hydrogen-bond donors (Lipinski definition) is 3. The number of carbonyl (C=O) groups is 2. The Bertz CT molecular complexity index is 1520. The molecule has 10 heteroatoms. The number of aliphatic hydroxyl groups is 1. The number of nitrogens with zero attached hydrogens (tertiary/aromatic N) is 1. The summed E-state index contributed by atoms with van der Waals surface area (Å²) in [6, 6.07) is 16.1. The molecule has 2 heterocycles. The number of alkyl carbamates (subject to hydrolysis) is 1. The van der Waals surface area contributed by atoms with E-state index in [1.165, 1.54) is 19.2 Å². The number of benzene rings is 3. The van der Waals surface area contributed by atoms with Crippen molar-refractivity contribution in [3.8, 4) is 16.9 Å². The second-order valence-corrected chi connectivity index (χ2v) is 11.9. The smallest absolute Gasteiger partial charge is 0.406 e. The zero-order chi connectivity index (χ0) is 31.3. The van der Waals surface area contributed by atoms with Crippen LogP contribution in [-0.4, -0.2) is 62.4 Å². The molecule has 2 atom stereocenters. The maximum Gasteiger partial charge on any atom is 0.406 e. The molecule has 0 aromatic heterocycles. The van der Waals surface area contributed by atoms with Gasteiger partial charge in [0.25, 0.3) is 5.91 Å². The Morgan fingerprint density at radius 1 is 1.20 bits per heavy atom. The largest absolute Gasteiger partial charge is 0.493 e. The van der Waals surface area contributed by atoms with E-state index >= 15 is 4.39 Å². The van der Waals surface area contributed by atoms with Crippen LogP contribution in [-0.2, 0) is 23.3 Å². The first kappa shape index (κ1) is 31.8. The van der Waals surface area contributed by atoms with Crippen LogP contribution >= 0.6 is 11.6 Å². The average Bonchev–Trinajstić information content (AvgIpc) is 3.51. The van der Waals surface area contributed by atoms with Crippen molar-refractivity contribution in [2.75, 3.05) is 40.4 Å². The summed E-state index contributed by atoms with van der Waals surface area (Å²) >= 11 is 6.86. The van der Waals surface area contributed by atoms with Crippen molar-refractivity contribution in [1.82, 2.24) is 15.5 Å². The highest BCUT2D eigenvalue weighted by Gasteiger charge is 2.43. The van der Waals surface area contributed by atoms with Crippen LogP contribution in [0, 0.1) is 11.7 Å². The van der Waals surface area contributed by atoms with E-state index in [9.17, 15) is 14.7 Å². The molecule has 0 saturated carbocycles. The fourth-order valence-electron chi connectivity index (χ4n) is 6.45. The van der Waals surface area contributed by atoms with Gasteiger partial charge in [-0.15, -0.1) is 0 Å². The molecule has 1 fully saturated rings. The normalized spacial score (nSPS) is 17.4. The Morgan fingerprint density at radius 3 is 2.82 bits per heavy atom. The number of rotatable bonds is 10. The number of piperidine rings is 1. The van der Waals surface area contributed by atoms with Gasteiger partial charge in [-0.25, -0.2) is 9.18 Å². The monoisotopic (exact) mass is 623 g/mol. The number of methoxy groups -OCH3 is 1. The molecule has 2 aliphatic heterocycles. The number of fused-ring (bicyclic) bond motifs is 1. The maximum atomic E-state index is 15.1. The van der Waals surface area contributed by atoms with Crippen LogP contribution in [0.1, 0.15) is 52.7 Å². The first-order chi connectivity index (χ1) is 21.2. The summed E-state index contributed by atoms with van der Waals surface area (Å²) in [5, 5.41) is 18.9. The van der Waals surface area contributed by atoms with Gasteiger partial charge < -0.3 is 30.1 Å². The number of halogens is 2. The van der Waals surface area contributed by atoms with E-state index < -0.39 is 23.4 Å².